The van der Waals surface area contributed by atoms with Crippen molar-refractivity contribution in [1.29, 1.82) is 0 Å². The molecule has 0 N–H and O–H groups in total. The molecule has 0 aliphatic carbocycles. The van der Waals surface area contributed by atoms with Crippen molar-refractivity contribution in [2.75, 3.05) is 9.96 Å². The number of hydrogen-bond acceptors (Lipinski definition) is 4. The second-order valence-corrected chi connectivity index (χ2v) is 8.20. The molecule has 2 saturated heterocycles. The van der Waals surface area contributed by atoms with E-state index in [1.165, 1.54) is 0 Å². The minimum atomic E-state index is -1.04. The average molecular weight is 422 g/mol. The summed E-state index contributed by atoms with van der Waals surface area (Å²) in [4.78, 5) is 22.2. The molecule has 2 aliphatic rings. The lowest BCUT2D eigenvalue weighted by molar-refractivity contribution is -0.159. The highest BCUT2D eigenvalue weighted by Crippen LogP contribution is 2.58. The molecule has 5 nitrogen and oxygen atoms in total. The van der Waals surface area contributed by atoms with Crippen LogP contribution in [-0.4, -0.2) is 11.5 Å². The number of hydroxylamine groups is 1. The van der Waals surface area contributed by atoms with Crippen LogP contribution in [0, 0.1) is 0 Å². The van der Waals surface area contributed by atoms with Gasteiger partial charge in [0.1, 0.15) is 11.8 Å². The molecule has 4 aromatic rings. The van der Waals surface area contributed by atoms with Crippen LogP contribution in [0.1, 0.15) is 29.8 Å². The Morgan fingerprint density at radius 1 is 0.750 bits per heavy atom. The zero-order chi connectivity index (χ0) is 21.5. The smallest absolute Gasteiger partial charge is 0.265 e. The maximum atomic E-state index is 13.8. The van der Waals surface area contributed by atoms with Gasteiger partial charge in [0.05, 0.1) is 18.0 Å². The van der Waals surface area contributed by atoms with E-state index in [1.54, 1.807) is 11.2 Å². The molecule has 2 fully saturated rings. The molecular formula is C27H22N2O3. The largest absolute Gasteiger partial charge is 0.467 e. The highest BCUT2D eigenvalue weighted by atomic mass is 16.7. The first-order chi connectivity index (χ1) is 15.8. The van der Waals surface area contributed by atoms with Crippen LogP contribution in [0.5, 0.6) is 0 Å². The Balaban J connectivity index is 1.46. The summed E-state index contributed by atoms with van der Waals surface area (Å²) in [7, 11) is 0. The van der Waals surface area contributed by atoms with E-state index in [1.807, 2.05) is 96.1 Å². The number of carbonyl (C=O) groups excluding carboxylic acids is 1. The number of benzene rings is 3. The third-order valence-corrected chi connectivity index (χ3v) is 6.36. The number of carbonyl (C=O) groups is 1. The van der Waals surface area contributed by atoms with Gasteiger partial charge in [-0.15, -0.1) is 0 Å². The quantitative estimate of drug-likeness (QED) is 0.397. The van der Waals surface area contributed by atoms with Crippen molar-refractivity contribution in [3.63, 3.8) is 0 Å². The van der Waals surface area contributed by atoms with Crippen molar-refractivity contribution in [2.45, 2.75) is 24.1 Å². The molecule has 1 amide bonds. The summed E-state index contributed by atoms with van der Waals surface area (Å²) < 4.78 is 5.81. The predicted octanol–water partition coefficient (Wildman–Crippen LogP) is 5.69. The van der Waals surface area contributed by atoms with Crippen LogP contribution in [-0.2, 0) is 9.63 Å². The van der Waals surface area contributed by atoms with Crippen molar-refractivity contribution < 1.29 is 14.0 Å². The molecule has 6 rings (SSSR count). The summed E-state index contributed by atoms with van der Waals surface area (Å²) in [6.45, 7) is 0. The lowest BCUT2D eigenvalue weighted by Gasteiger charge is -2.51. The van der Waals surface area contributed by atoms with Crippen LogP contribution in [0.2, 0.25) is 0 Å². The van der Waals surface area contributed by atoms with Crippen LogP contribution >= 0.6 is 0 Å². The molecule has 3 heterocycles. The second-order valence-electron chi connectivity index (χ2n) is 8.20. The molecule has 0 saturated carbocycles. The van der Waals surface area contributed by atoms with Gasteiger partial charge in [-0.05, 0) is 42.0 Å². The number of amides is 1. The molecule has 1 spiro atoms. The number of hydrogen-bond donors (Lipinski definition) is 0. The number of para-hydroxylation sites is 2. The van der Waals surface area contributed by atoms with E-state index in [9.17, 15) is 4.79 Å². The summed E-state index contributed by atoms with van der Waals surface area (Å²) in [5.41, 5.74) is 1.83. The van der Waals surface area contributed by atoms with Gasteiger partial charge < -0.3 is 4.42 Å². The van der Waals surface area contributed by atoms with E-state index in [0.717, 1.165) is 22.7 Å². The Labute approximate surface area is 186 Å². The lowest BCUT2D eigenvalue weighted by Crippen LogP contribution is -2.69. The number of furan rings is 1. The third kappa shape index (κ3) is 2.78. The fourth-order valence-electron chi connectivity index (χ4n) is 4.91. The van der Waals surface area contributed by atoms with E-state index in [0.29, 0.717) is 6.42 Å². The second kappa shape index (κ2) is 7.39. The molecular weight excluding hydrogens is 400 g/mol. The van der Waals surface area contributed by atoms with Gasteiger partial charge in [0.15, 0.2) is 0 Å². The Hall–Kier alpha value is -3.83. The first-order valence-electron chi connectivity index (χ1n) is 10.8. The van der Waals surface area contributed by atoms with Gasteiger partial charge in [-0.25, -0.2) is 5.06 Å². The van der Waals surface area contributed by atoms with E-state index >= 15 is 0 Å². The number of anilines is 2. The highest BCUT2D eigenvalue weighted by molar-refractivity contribution is 6.08. The van der Waals surface area contributed by atoms with Crippen molar-refractivity contribution >= 4 is 17.3 Å². The molecule has 1 aromatic heterocycles. The van der Waals surface area contributed by atoms with Gasteiger partial charge in [-0.2, -0.15) is 0 Å². The zero-order valence-corrected chi connectivity index (χ0v) is 17.4. The van der Waals surface area contributed by atoms with Crippen molar-refractivity contribution in [3.05, 3.63) is 121 Å². The molecule has 0 unspecified atom stereocenters. The molecule has 3 atom stereocenters. The number of nitrogens with zero attached hydrogens (tertiary/aromatic N) is 2. The Bertz CT molecular complexity index is 1160. The number of β-lactam (4-membered cyclic amide) rings is 1. The van der Waals surface area contributed by atoms with E-state index < -0.39 is 5.60 Å². The van der Waals surface area contributed by atoms with Gasteiger partial charge in [0.25, 0.3) is 5.91 Å². The monoisotopic (exact) mass is 422 g/mol. The highest BCUT2D eigenvalue weighted by Gasteiger charge is 2.69. The third-order valence-electron chi connectivity index (χ3n) is 6.36. The maximum Gasteiger partial charge on any atom is 0.265 e. The predicted molar refractivity (Wildman–Crippen MR) is 122 cm³/mol. The summed E-state index contributed by atoms with van der Waals surface area (Å²) in [5.74, 6) is 0.666. The molecule has 5 heteroatoms. The number of rotatable bonds is 4. The Morgan fingerprint density at radius 3 is 2.00 bits per heavy atom. The summed E-state index contributed by atoms with van der Waals surface area (Å²) in [5, 5.41) is 1.89. The average Bonchev–Trinajstić information content (AvgIpc) is 3.53. The minimum absolute atomic E-state index is 0.0514. The van der Waals surface area contributed by atoms with Gasteiger partial charge in [0, 0.05) is 12.1 Å². The standard InChI is InChI=1S/C27H22N2O3/c30-26-27(25(24-17-10-18-31-24)28(26)21-13-6-2-7-14-21)19-23(20-11-4-1-5-12-20)29(32-27)22-15-8-3-9-16-22/h1-18,23,25H,19H2/t23-,25-,27-/m1/s1. The first-order valence-corrected chi connectivity index (χ1v) is 10.8. The SMILES string of the molecule is O=C1N(c2ccccc2)[C@H](c2ccco2)[C@]12C[C@H](c1ccccc1)N(c1ccccc1)O2. The van der Waals surface area contributed by atoms with Crippen LogP contribution < -0.4 is 9.96 Å². The maximum absolute atomic E-state index is 13.8. The minimum Gasteiger partial charge on any atom is -0.467 e. The molecule has 0 radical (unpaired) electrons. The Kier molecular flexibility index (Phi) is 4.37. The van der Waals surface area contributed by atoms with Gasteiger partial charge in [0.2, 0.25) is 5.60 Å². The van der Waals surface area contributed by atoms with Crippen molar-refractivity contribution in [3.8, 4) is 0 Å². The van der Waals surface area contributed by atoms with Gasteiger partial charge >= 0.3 is 0 Å². The summed E-state index contributed by atoms with van der Waals surface area (Å²) >= 11 is 0. The van der Waals surface area contributed by atoms with Crippen molar-refractivity contribution in [2.24, 2.45) is 0 Å². The lowest BCUT2D eigenvalue weighted by atomic mass is 9.75. The topological polar surface area (TPSA) is 45.9 Å². The molecule has 158 valence electrons. The van der Waals surface area contributed by atoms with E-state index in [4.69, 9.17) is 9.25 Å². The normalized spacial score (nSPS) is 24.7. The van der Waals surface area contributed by atoms with Crippen LogP contribution in [0.3, 0.4) is 0 Å². The molecule has 3 aromatic carbocycles. The van der Waals surface area contributed by atoms with Crippen molar-refractivity contribution in [1.82, 2.24) is 0 Å². The van der Waals surface area contributed by atoms with Crippen LogP contribution in [0.25, 0.3) is 0 Å². The Morgan fingerprint density at radius 2 is 1.38 bits per heavy atom. The first kappa shape index (κ1) is 18.9. The fourth-order valence-corrected chi connectivity index (χ4v) is 4.91. The van der Waals surface area contributed by atoms with Gasteiger partial charge in [-0.3, -0.25) is 14.5 Å². The summed E-state index contributed by atoms with van der Waals surface area (Å²) in [6.07, 6.45) is 2.17. The van der Waals surface area contributed by atoms with Crippen LogP contribution in [0.4, 0.5) is 11.4 Å². The van der Waals surface area contributed by atoms with Gasteiger partial charge in [-0.1, -0.05) is 66.7 Å². The van der Waals surface area contributed by atoms with E-state index in [2.05, 4.69) is 12.1 Å². The molecule has 0 bridgehead atoms. The summed E-state index contributed by atoms with van der Waals surface area (Å²) in [6, 6.07) is 33.2. The molecule has 32 heavy (non-hydrogen) atoms. The van der Waals surface area contributed by atoms with E-state index in [-0.39, 0.29) is 18.0 Å². The molecule has 2 aliphatic heterocycles. The zero-order valence-electron chi connectivity index (χ0n) is 17.4. The fraction of sp³-hybridized carbons (Fsp3) is 0.148. The van der Waals surface area contributed by atoms with Crippen LogP contribution in [0.15, 0.2) is 114 Å².